The molecular weight excluding hydrogens is 384 g/mol. The van der Waals surface area contributed by atoms with Crippen LogP contribution in [-0.2, 0) is 15.4 Å². The molecule has 0 spiro atoms. The van der Waals surface area contributed by atoms with Gasteiger partial charge >= 0.3 is 0 Å². The Kier molecular flexibility index (Phi) is 4.49. The van der Waals surface area contributed by atoms with Gasteiger partial charge in [0, 0.05) is 0 Å². The highest BCUT2D eigenvalue weighted by Gasteiger charge is 2.58. The zero-order valence-corrected chi connectivity index (χ0v) is 17.5. The van der Waals surface area contributed by atoms with Crippen LogP contribution < -0.4 is 14.6 Å². The molecule has 4 heterocycles. The molecule has 6 nitrogen and oxygen atoms in total. The van der Waals surface area contributed by atoms with Gasteiger partial charge in [-0.1, -0.05) is 48.0 Å². The number of benzene rings is 2. The van der Waals surface area contributed by atoms with E-state index >= 15 is 0 Å². The van der Waals surface area contributed by atoms with Crippen molar-refractivity contribution in [3.63, 3.8) is 0 Å². The average molecular weight is 413 g/mol. The van der Waals surface area contributed by atoms with Crippen LogP contribution >= 0.6 is 0 Å². The van der Waals surface area contributed by atoms with Gasteiger partial charge in [-0.05, 0) is 24.6 Å². The molecule has 4 saturated heterocycles. The second-order valence-electron chi connectivity index (χ2n) is 8.81. The topological polar surface area (TPSA) is 67.4 Å². The lowest BCUT2D eigenvalue weighted by atomic mass is 9.66. The van der Waals surface area contributed by atoms with Crippen molar-refractivity contribution in [2.75, 3.05) is 39.3 Å². The van der Waals surface area contributed by atoms with E-state index in [2.05, 4.69) is 34.2 Å². The Balaban J connectivity index is 1.55. The van der Waals surface area contributed by atoms with Gasteiger partial charge in [-0.3, -0.25) is 0 Å². The van der Waals surface area contributed by atoms with Crippen LogP contribution in [-0.4, -0.2) is 53.4 Å². The fourth-order valence-corrected chi connectivity index (χ4v) is 6.33. The molecule has 3 N–H and O–H groups in total. The third-order valence-corrected chi connectivity index (χ3v) is 8.05. The summed E-state index contributed by atoms with van der Waals surface area (Å²) in [6.07, 6.45) is 0. The van der Waals surface area contributed by atoms with Gasteiger partial charge in [-0.2, -0.15) is 13.5 Å². The van der Waals surface area contributed by atoms with Gasteiger partial charge in [0.2, 0.25) is 0 Å². The Bertz CT molecular complexity index is 1020. The van der Waals surface area contributed by atoms with Crippen molar-refractivity contribution in [2.45, 2.75) is 17.2 Å². The summed E-state index contributed by atoms with van der Waals surface area (Å²) in [7, 11) is -3.68. The van der Waals surface area contributed by atoms with Crippen LogP contribution in [0.5, 0.6) is 0 Å². The molecule has 0 radical (unpaired) electrons. The Morgan fingerprint density at radius 3 is 2.21 bits per heavy atom. The number of nitrogens with zero attached hydrogens (tertiary/aromatic N) is 1. The normalized spacial score (nSPS) is 32.3. The lowest BCUT2D eigenvalue weighted by molar-refractivity contribution is -0.918. The van der Waals surface area contributed by atoms with E-state index in [9.17, 15) is 8.42 Å². The summed E-state index contributed by atoms with van der Waals surface area (Å²) >= 11 is 0. The first-order chi connectivity index (χ1) is 14.0. The van der Waals surface area contributed by atoms with Gasteiger partial charge in [0.1, 0.15) is 18.5 Å². The van der Waals surface area contributed by atoms with Crippen LogP contribution in [0.2, 0.25) is 0 Å². The Morgan fingerprint density at radius 2 is 1.59 bits per heavy atom. The molecule has 0 aromatic heterocycles. The van der Waals surface area contributed by atoms with E-state index < -0.39 is 10.0 Å². The number of fused-ring (bicyclic) bond motifs is 1. The van der Waals surface area contributed by atoms with Crippen molar-refractivity contribution < 1.29 is 18.2 Å². The molecule has 2 aromatic carbocycles. The first-order valence-electron chi connectivity index (χ1n) is 10.4. The monoisotopic (exact) mass is 412 g/mol. The van der Waals surface area contributed by atoms with Crippen LogP contribution in [0.15, 0.2) is 64.6 Å². The summed E-state index contributed by atoms with van der Waals surface area (Å²) in [5.74, 6) is 0.311. The zero-order chi connectivity index (χ0) is 20.1. The number of aryl methyl sites for hydroxylation is 1. The van der Waals surface area contributed by atoms with Crippen LogP contribution in [0, 0.1) is 12.8 Å². The van der Waals surface area contributed by atoms with Crippen LogP contribution in [0.3, 0.4) is 0 Å². The predicted octanol–water partition coefficient (Wildman–Crippen LogP) is -1.01. The van der Waals surface area contributed by atoms with Crippen molar-refractivity contribution in [2.24, 2.45) is 11.0 Å². The van der Waals surface area contributed by atoms with Crippen molar-refractivity contribution in [1.82, 2.24) is 4.83 Å². The maximum Gasteiger partial charge on any atom is 0.276 e. The molecular formula is C22H28N4O2S+2. The van der Waals surface area contributed by atoms with Crippen molar-refractivity contribution in [1.29, 1.82) is 0 Å². The predicted molar refractivity (Wildman–Crippen MR) is 112 cm³/mol. The summed E-state index contributed by atoms with van der Waals surface area (Å²) in [4.78, 5) is 6.07. The third kappa shape index (κ3) is 3.27. The third-order valence-electron chi connectivity index (χ3n) is 6.83. The molecule has 4 bridgehead atoms. The molecule has 4 fully saturated rings. The summed E-state index contributed by atoms with van der Waals surface area (Å²) in [6, 6.07) is 17.4. The molecule has 4 aliphatic heterocycles. The van der Waals surface area contributed by atoms with Crippen LogP contribution in [0.1, 0.15) is 11.1 Å². The van der Waals surface area contributed by atoms with Gasteiger partial charge in [0.15, 0.2) is 0 Å². The van der Waals surface area contributed by atoms with E-state index in [1.807, 2.05) is 25.1 Å². The molecule has 152 valence electrons. The Morgan fingerprint density at radius 1 is 0.966 bits per heavy atom. The summed E-state index contributed by atoms with van der Waals surface area (Å²) in [5, 5.41) is 4.64. The lowest BCUT2D eigenvalue weighted by Gasteiger charge is -2.46. The number of nitrogens with one attached hydrogen (secondary N) is 3. The minimum absolute atomic E-state index is 0.195. The SMILES string of the molecule is Cc1ccc(S(=O)(=O)NN=C2C3C[NH+]4CC[NH+](C3)CC2(c2ccccc2)C4)cc1. The Labute approximate surface area is 172 Å². The maximum absolute atomic E-state index is 12.9. The fraction of sp³-hybridized carbons (Fsp3) is 0.409. The van der Waals surface area contributed by atoms with E-state index in [1.165, 1.54) is 18.7 Å². The number of hydrogen-bond acceptors (Lipinski definition) is 3. The van der Waals surface area contributed by atoms with Gasteiger partial charge in [0.25, 0.3) is 10.0 Å². The molecule has 2 aromatic rings. The van der Waals surface area contributed by atoms with Gasteiger partial charge in [-0.15, -0.1) is 0 Å². The van der Waals surface area contributed by atoms with E-state index in [0.29, 0.717) is 5.92 Å². The smallest absolute Gasteiger partial charge is 0.276 e. The van der Waals surface area contributed by atoms with Crippen molar-refractivity contribution in [3.05, 3.63) is 65.7 Å². The number of sulfonamides is 1. The minimum atomic E-state index is -3.68. The van der Waals surface area contributed by atoms with E-state index in [4.69, 9.17) is 0 Å². The standard InChI is InChI=1S/C22H26N4O2S/c1-17-7-9-20(10-8-17)29(27,28)24-23-21-18-13-25-11-12-26(14-18)16-22(21,15-25)19-5-3-2-4-6-19/h2-10,18,24H,11-16H2,1H3/p+2. The van der Waals surface area contributed by atoms with Gasteiger partial charge in [0.05, 0.1) is 42.7 Å². The first-order valence-corrected chi connectivity index (χ1v) is 11.8. The molecule has 2 atom stereocenters. The quantitative estimate of drug-likeness (QED) is 0.564. The minimum Gasteiger partial charge on any atom is -0.328 e. The first kappa shape index (κ1) is 18.8. The van der Waals surface area contributed by atoms with Gasteiger partial charge < -0.3 is 9.80 Å². The van der Waals surface area contributed by atoms with Crippen molar-refractivity contribution in [3.8, 4) is 0 Å². The highest BCUT2D eigenvalue weighted by atomic mass is 32.2. The highest BCUT2D eigenvalue weighted by molar-refractivity contribution is 7.89. The maximum atomic E-state index is 12.9. The number of hydrogen-bond donors (Lipinski definition) is 3. The zero-order valence-electron chi connectivity index (χ0n) is 16.7. The largest absolute Gasteiger partial charge is 0.328 e. The van der Waals surface area contributed by atoms with Gasteiger partial charge in [-0.25, -0.2) is 4.83 Å². The summed E-state index contributed by atoms with van der Waals surface area (Å²) in [5.41, 5.74) is 3.12. The second kappa shape index (κ2) is 6.93. The van der Waals surface area contributed by atoms with E-state index in [-0.39, 0.29) is 10.3 Å². The summed E-state index contributed by atoms with van der Waals surface area (Å²) in [6.45, 7) is 8.38. The molecule has 0 amide bonds. The second-order valence-corrected chi connectivity index (χ2v) is 10.5. The number of piperidine rings is 2. The van der Waals surface area contributed by atoms with Crippen molar-refractivity contribution >= 4 is 15.7 Å². The molecule has 6 rings (SSSR count). The number of quaternary nitrogens is 2. The number of rotatable bonds is 4. The van der Waals surface area contributed by atoms with E-state index in [1.54, 1.807) is 21.9 Å². The van der Waals surface area contributed by atoms with E-state index in [0.717, 1.165) is 37.5 Å². The molecule has 2 unspecified atom stereocenters. The lowest BCUT2D eigenvalue weighted by Crippen LogP contribution is -3.17. The molecule has 0 saturated carbocycles. The molecule has 4 aliphatic rings. The molecule has 0 aliphatic carbocycles. The average Bonchev–Trinajstić information content (AvgIpc) is 2.96. The number of hydrazone groups is 1. The fourth-order valence-electron chi connectivity index (χ4n) is 5.52. The summed E-state index contributed by atoms with van der Waals surface area (Å²) < 4.78 is 25.7. The van der Waals surface area contributed by atoms with Crippen LogP contribution in [0.25, 0.3) is 0 Å². The highest BCUT2D eigenvalue weighted by Crippen LogP contribution is 2.31. The molecule has 29 heavy (non-hydrogen) atoms. The molecule has 7 heteroatoms. The van der Waals surface area contributed by atoms with Crippen LogP contribution in [0.4, 0.5) is 0 Å². The Hall–Kier alpha value is -2.22.